The summed E-state index contributed by atoms with van der Waals surface area (Å²) in [5.41, 5.74) is 16.8. The van der Waals surface area contributed by atoms with Gasteiger partial charge in [-0.1, -0.05) is 10.2 Å². The van der Waals surface area contributed by atoms with Gasteiger partial charge in [0.05, 0.1) is 5.36 Å². The fourth-order valence-corrected chi connectivity index (χ4v) is 1.42. The summed E-state index contributed by atoms with van der Waals surface area (Å²) < 4.78 is 0. The van der Waals surface area contributed by atoms with Gasteiger partial charge < -0.3 is 0 Å². The predicted molar refractivity (Wildman–Crippen MR) is 59.3 cm³/mol. The average Bonchev–Trinajstić information content (AvgIpc) is 2.33. The van der Waals surface area contributed by atoms with Gasteiger partial charge in [-0.2, -0.15) is 0 Å². The van der Waals surface area contributed by atoms with E-state index in [4.69, 9.17) is 11.1 Å². The molecule has 1 amide bonds. The first kappa shape index (κ1) is 11.3. The Hall–Kier alpha value is -3.15. The first-order chi connectivity index (χ1) is 8.65. The molecule has 9 heteroatoms. The lowest BCUT2D eigenvalue weighted by molar-refractivity contribution is -0.132. The molecule has 1 aromatic rings. The summed E-state index contributed by atoms with van der Waals surface area (Å²) in [6.07, 6.45) is 1.08. The fraction of sp³-hybridized carbons (Fsp3) is 0. The number of fused-ring (bicyclic) bond motifs is 1. The zero-order valence-electron chi connectivity index (χ0n) is 8.68. The van der Waals surface area contributed by atoms with Gasteiger partial charge in [-0.05, 0) is 23.2 Å². The largest absolute Gasteiger partial charge is 0.317 e. The lowest BCUT2D eigenvalue weighted by Crippen LogP contribution is -2.33. The number of hydrogen-bond donors (Lipinski definition) is 0. The van der Waals surface area contributed by atoms with E-state index in [0.717, 1.165) is 6.08 Å². The van der Waals surface area contributed by atoms with Gasteiger partial charge in [0.25, 0.3) is 0 Å². The van der Waals surface area contributed by atoms with Crippen LogP contribution in [0.5, 0.6) is 0 Å². The van der Waals surface area contributed by atoms with Crippen LogP contribution < -0.4 is 10.6 Å². The second-order valence-corrected chi connectivity index (χ2v) is 3.20. The Morgan fingerprint density at radius 2 is 1.67 bits per heavy atom. The van der Waals surface area contributed by atoms with Crippen molar-refractivity contribution in [1.29, 1.82) is 0 Å². The standard InChI is InChI=1S/C9H3N7O2/c10-15-13-6-1-4-2-8(17)9(18)12-5(4)3-7(6)14-16-11/h1-3H. The van der Waals surface area contributed by atoms with E-state index in [0.29, 0.717) is 5.22 Å². The van der Waals surface area contributed by atoms with E-state index in [2.05, 4.69) is 25.0 Å². The molecule has 0 unspecified atom stereocenters. The zero-order chi connectivity index (χ0) is 13.1. The Labute approximate surface area is 98.3 Å². The number of carbonyl (C=O) groups is 2. The van der Waals surface area contributed by atoms with Crippen LogP contribution in [-0.2, 0) is 9.59 Å². The molecule has 18 heavy (non-hydrogen) atoms. The Bertz CT molecular complexity index is 715. The van der Waals surface area contributed by atoms with Gasteiger partial charge in [0.2, 0.25) is 5.78 Å². The third-order valence-corrected chi connectivity index (χ3v) is 2.15. The lowest BCUT2D eigenvalue weighted by atomic mass is 10.1. The predicted octanol–water partition coefficient (Wildman–Crippen LogP) is 1.08. The van der Waals surface area contributed by atoms with E-state index >= 15 is 0 Å². The van der Waals surface area contributed by atoms with Crippen LogP contribution in [0.3, 0.4) is 0 Å². The van der Waals surface area contributed by atoms with Gasteiger partial charge in [-0.25, -0.2) is 4.99 Å². The highest BCUT2D eigenvalue weighted by Crippen LogP contribution is 2.24. The summed E-state index contributed by atoms with van der Waals surface area (Å²) in [4.78, 5) is 30.9. The number of nitrogens with zero attached hydrogens (tertiary/aromatic N) is 7. The average molecular weight is 241 g/mol. The monoisotopic (exact) mass is 241 g/mol. The quantitative estimate of drug-likeness (QED) is 0.330. The molecule has 0 N–H and O–H groups in total. The molecule has 0 aliphatic carbocycles. The Balaban J connectivity index is 2.86. The van der Waals surface area contributed by atoms with Gasteiger partial charge in [0.15, 0.2) is 0 Å². The van der Waals surface area contributed by atoms with Crippen molar-refractivity contribution in [3.63, 3.8) is 0 Å². The summed E-state index contributed by atoms with van der Waals surface area (Å²) in [6, 6.07) is 2.60. The maximum atomic E-state index is 11.2. The van der Waals surface area contributed by atoms with Crippen molar-refractivity contribution in [3.05, 3.63) is 43.6 Å². The van der Waals surface area contributed by atoms with Gasteiger partial charge in [-0.3, -0.25) is 9.59 Å². The molecule has 0 bridgehead atoms. The fourth-order valence-electron chi connectivity index (χ4n) is 1.42. The molecule has 2 rings (SSSR count). The van der Waals surface area contributed by atoms with Gasteiger partial charge in [0.1, 0.15) is 0 Å². The number of hydrogen-bond acceptors (Lipinski definition) is 4. The molecule has 0 fully saturated rings. The van der Waals surface area contributed by atoms with Crippen LogP contribution in [0.1, 0.15) is 0 Å². The van der Waals surface area contributed by atoms with E-state index in [1.54, 1.807) is 0 Å². The minimum atomic E-state index is -0.897. The molecule has 0 spiro atoms. The van der Waals surface area contributed by atoms with E-state index in [1.807, 2.05) is 0 Å². The molecule has 0 saturated carbocycles. The number of amides is 1. The molecule has 0 saturated heterocycles. The maximum absolute atomic E-state index is 11.2. The summed E-state index contributed by atoms with van der Waals surface area (Å²) in [6.45, 7) is 0. The molecular formula is C9H3N7O2. The molecule has 9 nitrogen and oxygen atoms in total. The minimum absolute atomic E-state index is 0.0355. The lowest BCUT2D eigenvalue weighted by Gasteiger charge is -2.01. The second-order valence-electron chi connectivity index (χ2n) is 3.20. The van der Waals surface area contributed by atoms with E-state index in [9.17, 15) is 9.59 Å². The van der Waals surface area contributed by atoms with Gasteiger partial charge in [-0.15, -0.1) is 0 Å². The van der Waals surface area contributed by atoms with Crippen LogP contribution in [0.25, 0.3) is 27.0 Å². The van der Waals surface area contributed by atoms with Crippen LogP contribution >= 0.6 is 0 Å². The second kappa shape index (κ2) is 4.38. The number of Topliss-reactive ketones (excluding diaryl/α,β-unsaturated/α-hetero) is 1. The van der Waals surface area contributed by atoms with E-state index in [1.165, 1.54) is 12.1 Å². The SMILES string of the molecule is [N-]=[N+]=Nc1cc2c(cc1N=[N+]=[N-])=NC(=O)C(=O)C=2. The third kappa shape index (κ3) is 1.90. The molecule has 1 heterocycles. The number of carbonyl (C=O) groups excluding carboxylic acids is 2. The molecule has 0 atom stereocenters. The first-order valence-electron chi connectivity index (χ1n) is 4.58. The maximum Gasteiger partial charge on any atom is 0.317 e. The van der Waals surface area contributed by atoms with E-state index in [-0.39, 0.29) is 16.7 Å². The molecule has 1 aliphatic heterocycles. The Morgan fingerprint density at radius 1 is 1.06 bits per heavy atom. The first-order valence-corrected chi connectivity index (χ1v) is 4.58. The Kier molecular flexibility index (Phi) is 2.76. The van der Waals surface area contributed by atoms with Crippen molar-refractivity contribution in [2.24, 2.45) is 15.2 Å². The highest BCUT2D eigenvalue weighted by molar-refractivity contribution is 6.48. The molecule has 86 valence electrons. The van der Waals surface area contributed by atoms with Crippen LogP contribution in [0, 0.1) is 0 Å². The third-order valence-electron chi connectivity index (χ3n) is 2.15. The summed E-state index contributed by atoms with van der Waals surface area (Å²) in [7, 11) is 0. The van der Waals surface area contributed by atoms with Crippen LogP contribution in [0.4, 0.5) is 11.4 Å². The highest BCUT2D eigenvalue weighted by Gasteiger charge is 2.14. The van der Waals surface area contributed by atoms with Gasteiger partial charge >= 0.3 is 5.91 Å². The topological polar surface area (TPSA) is 144 Å². The summed E-state index contributed by atoms with van der Waals surface area (Å²) >= 11 is 0. The normalized spacial score (nSPS) is 12.4. The van der Waals surface area contributed by atoms with Crippen molar-refractivity contribution in [2.45, 2.75) is 0 Å². The van der Waals surface area contributed by atoms with Crippen LogP contribution in [-0.4, -0.2) is 11.7 Å². The molecule has 0 radical (unpaired) electrons. The number of benzene rings is 1. The van der Waals surface area contributed by atoms with Crippen molar-refractivity contribution < 1.29 is 9.59 Å². The molecule has 1 aliphatic rings. The van der Waals surface area contributed by atoms with E-state index < -0.39 is 11.7 Å². The zero-order valence-corrected chi connectivity index (χ0v) is 8.68. The van der Waals surface area contributed by atoms with Crippen molar-refractivity contribution in [2.75, 3.05) is 0 Å². The van der Waals surface area contributed by atoms with Crippen molar-refractivity contribution in [3.8, 4) is 0 Å². The molecule has 1 aromatic carbocycles. The highest BCUT2D eigenvalue weighted by atomic mass is 16.2. The smallest absolute Gasteiger partial charge is 0.284 e. The Morgan fingerprint density at radius 3 is 2.28 bits per heavy atom. The molecule has 0 aromatic heterocycles. The number of ketones is 1. The molecular weight excluding hydrogens is 238 g/mol. The summed E-state index contributed by atoms with van der Waals surface area (Å²) in [5, 5.41) is 7.18. The number of azide groups is 2. The van der Waals surface area contributed by atoms with Crippen LogP contribution in [0.15, 0.2) is 27.4 Å². The number of rotatable bonds is 2. The van der Waals surface area contributed by atoms with Crippen molar-refractivity contribution >= 4 is 29.1 Å². The van der Waals surface area contributed by atoms with Gasteiger partial charge in [0, 0.05) is 32.5 Å². The summed E-state index contributed by atoms with van der Waals surface area (Å²) in [5.74, 6) is -1.66. The van der Waals surface area contributed by atoms with Crippen LogP contribution in [0.2, 0.25) is 0 Å². The minimum Gasteiger partial charge on any atom is -0.284 e. The van der Waals surface area contributed by atoms with Crippen molar-refractivity contribution in [1.82, 2.24) is 0 Å².